The summed E-state index contributed by atoms with van der Waals surface area (Å²) in [5.74, 6) is -0.392. The summed E-state index contributed by atoms with van der Waals surface area (Å²) < 4.78 is 10.8. The smallest absolute Gasteiger partial charge is 0.408 e. The van der Waals surface area contributed by atoms with Crippen LogP contribution in [0, 0.1) is 11.8 Å². The number of ether oxygens (including phenoxy) is 2. The lowest BCUT2D eigenvalue weighted by Gasteiger charge is -2.34. The normalized spacial score (nSPS) is 22.6. The summed E-state index contributed by atoms with van der Waals surface area (Å²) in [7, 11) is 1.64. The lowest BCUT2D eigenvalue weighted by molar-refractivity contribution is -0.137. The highest BCUT2D eigenvalue weighted by Gasteiger charge is 2.39. The first-order chi connectivity index (χ1) is 19.2. The van der Waals surface area contributed by atoms with E-state index in [1.807, 2.05) is 80.6 Å². The molecule has 6 atom stereocenters. The van der Waals surface area contributed by atoms with Crippen molar-refractivity contribution >= 4 is 18.1 Å². The number of allylic oxidation sites excluding steroid dienone is 1. The molecule has 40 heavy (non-hydrogen) atoms. The van der Waals surface area contributed by atoms with Gasteiger partial charge in [-0.05, 0) is 34.9 Å². The van der Waals surface area contributed by atoms with Crippen molar-refractivity contribution in [3.8, 4) is 0 Å². The number of nitrogens with one attached hydrogen (secondary N) is 1. The Bertz CT molecular complexity index is 1150. The molecule has 0 unspecified atom stereocenters. The number of carbonyl (C=O) groups excluding carboxylic acids is 2. The molecule has 1 heterocycles. The molecule has 0 saturated carbocycles. The first kappa shape index (κ1) is 29.8. The van der Waals surface area contributed by atoms with Gasteiger partial charge in [0, 0.05) is 26.3 Å². The van der Waals surface area contributed by atoms with Crippen molar-refractivity contribution in [3.05, 3.63) is 77.4 Å². The van der Waals surface area contributed by atoms with E-state index in [2.05, 4.69) is 5.32 Å². The SMILES string of the molecule is CC(C)[C@H](CC=Cc1ccccc1)[C@@H](O)C[C@@H](NC(=O)O[C@H]1CCOC1)C(=O)N(C)[C@H]1c2ccccc2C[C@H]1O. The molecule has 0 aromatic heterocycles. The number of rotatable bonds is 11. The van der Waals surface area contributed by atoms with E-state index in [1.165, 1.54) is 4.90 Å². The first-order valence-corrected chi connectivity index (χ1v) is 14.2. The number of aliphatic hydroxyl groups is 2. The Morgan fingerprint density at radius 1 is 1.15 bits per heavy atom. The molecule has 2 amide bonds. The van der Waals surface area contributed by atoms with E-state index in [4.69, 9.17) is 9.47 Å². The number of carbonyl (C=O) groups is 2. The zero-order valence-corrected chi connectivity index (χ0v) is 23.6. The molecule has 0 spiro atoms. The van der Waals surface area contributed by atoms with Crippen molar-refractivity contribution in [3.63, 3.8) is 0 Å². The maximum Gasteiger partial charge on any atom is 0.408 e. The topological polar surface area (TPSA) is 108 Å². The van der Waals surface area contributed by atoms with Crippen molar-refractivity contribution < 1.29 is 29.3 Å². The number of hydrogen-bond acceptors (Lipinski definition) is 6. The summed E-state index contributed by atoms with van der Waals surface area (Å²) in [6.45, 7) is 4.93. The Morgan fingerprint density at radius 2 is 1.88 bits per heavy atom. The van der Waals surface area contributed by atoms with E-state index in [-0.39, 0.29) is 30.3 Å². The van der Waals surface area contributed by atoms with Crippen LogP contribution in [-0.4, -0.2) is 71.7 Å². The van der Waals surface area contributed by atoms with Gasteiger partial charge in [-0.2, -0.15) is 0 Å². The van der Waals surface area contributed by atoms with Crippen LogP contribution in [0.5, 0.6) is 0 Å². The molecule has 4 rings (SSSR count). The number of likely N-dealkylation sites (N-methyl/N-ethyl adjacent to an activating group) is 1. The minimum atomic E-state index is -1.03. The largest absolute Gasteiger partial charge is 0.444 e. The molecule has 1 aliphatic heterocycles. The van der Waals surface area contributed by atoms with Gasteiger partial charge in [-0.25, -0.2) is 4.79 Å². The van der Waals surface area contributed by atoms with Gasteiger partial charge in [0.2, 0.25) is 5.91 Å². The quantitative estimate of drug-likeness (QED) is 0.389. The van der Waals surface area contributed by atoms with E-state index < -0.39 is 30.4 Å². The van der Waals surface area contributed by atoms with Gasteiger partial charge in [0.25, 0.3) is 0 Å². The predicted molar refractivity (Wildman–Crippen MR) is 153 cm³/mol. The zero-order valence-electron chi connectivity index (χ0n) is 23.6. The highest BCUT2D eigenvalue weighted by molar-refractivity contribution is 5.86. The van der Waals surface area contributed by atoms with E-state index >= 15 is 0 Å². The fraction of sp³-hybridized carbons (Fsp3) is 0.500. The average molecular weight is 551 g/mol. The molecular weight excluding hydrogens is 508 g/mol. The standard InChI is InChI=1S/C32H42N2O6/c1-21(2)25(15-9-12-22-10-5-4-6-11-22)28(35)19-27(33-32(38)40-24-16-17-39-20-24)31(37)34(3)30-26-14-8-7-13-23(26)18-29(30)36/h4-14,21,24-25,27-30,35-36H,15-20H2,1-3H3,(H,33,38)/t24-,25-,27+,28-,29+,30-/m0/s1. The number of fused-ring (bicyclic) bond motifs is 1. The molecule has 8 heteroatoms. The molecule has 1 fully saturated rings. The average Bonchev–Trinajstić information content (AvgIpc) is 3.56. The van der Waals surface area contributed by atoms with E-state index in [0.717, 1.165) is 16.7 Å². The number of benzene rings is 2. The lowest BCUT2D eigenvalue weighted by atomic mass is 9.84. The minimum Gasteiger partial charge on any atom is -0.444 e. The van der Waals surface area contributed by atoms with Crippen LogP contribution in [0.2, 0.25) is 0 Å². The van der Waals surface area contributed by atoms with Crippen LogP contribution >= 0.6 is 0 Å². The highest BCUT2D eigenvalue weighted by atomic mass is 16.6. The van der Waals surface area contributed by atoms with Crippen molar-refractivity contribution in [2.45, 2.75) is 69.9 Å². The molecule has 8 nitrogen and oxygen atoms in total. The molecule has 0 bridgehead atoms. The second-order valence-electron chi connectivity index (χ2n) is 11.2. The van der Waals surface area contributed by atoms with Gasteiger partial charge in [-0.15, -0.1) is 0 Å². The third kappa shape index (κ3) is 7.50. The summed E-state index contributed by atoms with van der Waals surface area (Å²) >= 11 is 0. The van der Waals surface area contributed by atoms with Gasteiger partial charge in [0.15, 0.2) is 0 Å². The van der Waals surface area contributed by atoms with E-state index in [0.29, 0.717) is 32.5 Å². The molecule has 216 valence electrons. The highest BCUT2D eigenvalue weighted by Crippen LogP contribution is 2.36. The summed E-state index contributed by atoms with van der Waals surface area (Å²) in [5, 5.41) is 24.9. The number of aliphatic hydroxyl groups excluding tert-OH is 2. The molecule has 3 N–H and O–H groups in total. The summed E-state index contributed by atoms with van der Waals surface area (Å²) in [4.78, 5) is 28.2. The van der Waals surface area contributed by atoms with Gasteiger partial charge < -0.3 is 29.9 Å². The monoisotopic (exact) mass is 550 g/mol. The van der Waals surface area contributed by atoms with Crippen LogP contribution in [0.4, 0.5) is 4.79 Å². The van der Waals surface area contributed by atoms with Gasteiger partial charge in [-0.3, -0.25) is 4.79 Å². The van der Waals surface area contributed by atoms with Crippen molar-refractivity contribution in [1.82, 2.24) is 10.2 Å². The van der Waals surface area contributed by atoms with Gasteiger partial charge in [0.05, 0.1) is 31.5 Å². The second kappa shape index (κ2) is 13.9. The van der Waals surface area contributed by atoms with E-state index in [9.17, 15) is 19.8 Å². The van der Waals surface area contributed by atoms with Crippen LogP contribution in [0.25, 0.3) is 6.08 Å². The minimum absolute atomic E-state index is 0.0198. The Balaban J connectivity index is 1.50. The fourth-order valence-electron chi connectivity index (χ4n) is 5.77. The van der Waals surface area contributed by atoms with Crippen LogP contribution in [0.15, 0.2) is 60.7 Å². The van der Waals surface area contributed by atoms with Crippen molar-refractivity contribution in [1.29, 1.82) is 0 Å². The number of amides is 2. The fourth-order valence-corrected chi connectivity index (χ4v) is 5.77. The Morgan fingerprint density at radius 3 is 2.58 bits per heavy atom. The lowest BCUT2D eigenvalue weighted by Crippen LogP contribution is -2.52. The molecule has 2 aromatic carbocycles. The Kier molecular flexibility index (Phi) is 10.4. The molecule has 2 aromatic rings. The van der Waals surface area contributed by atoms with Crippen molar-refractivity contribution in [2.75, 3.05) is 20.3 Å². The van der Waals surface area contributed by atoms with E-state index in [1.54, 1.807) is 7.05 Å². The zero-order chi connectivity index (χ0) is 28.6. The first-order valence-electron chi connectivity index (χ1n) is 14.2. The number of nitrogens with zero attached hydrogens (tertiary/aromatic N) is 1. The van der Waals surface area contributed by atoms with Gasteiger partial charge in [0.1, 0.15) is 12.1 Å². The molecule has 0 radical (unpaired) electrons. The molecule has 1 saturated heterocycles. The molecular formula is C32H42N2O6. The Labute approximate surface area is 237 Å². The van der Waals surface area contributed by atoms with Crippen LogP contribution in [-0.2, 0) is 20.7 Å². The van der Waals surface area contributed by atoms with Crippen LogP contribution in [0.3, 0.4) is 0 Å². The summed E-state index contributed by atoms with van der Waals surface area (Å²) in [6.07, 6.45) is 3.05. The third-order valence-corrected chi connectivity index (χ3v) is 8.03. The van der Waals surface area contributed by atoms with Crippen molar-refractivity contribution in [2.24, 2.45) is 11.8 Å². The maximum atomic E-state index is 13.9. The summed E-state index contributed by atoms with van der Waals surface area (Å²) in [6, 6.07) is 16.0. The summed E-state index contributed by atoms with van der Waals surface area (Å²) in [5.41, 5.74) is 2.96. The molecule has 2 aliphatic rings. The van der Waals surface area contributed by atoms with Gasteiger partial charge >= 0.3 is 6.09 Å². The molecule has 1 aliphatic carbocycles. The maximum absolute atomic E-state index is 13.9. The van der Waals surface area contributed by atoms with Crippen LogP contribution in [0.1, 0.15) is 55.8 Å². The predicted octanol–water partition coefficient (Wildman–Crippen LogP) is 4.11. The number of alkyl carbamates (subject to hydrolysis) is 1. The van der Waals surface area contributed by atoms with Crippen LogP contribution < -0.4 is 5.32 Å². The third-order valence-electron chi connectivity index (χ3n) is 8.03. The number of hydrogen-bond donors (Lipinski definition) is 3. The second-order valence-corrected chi connectivity index (χ2v) is 11.2. The van der Waals surface area contributed by atoms with Gasteiger partial charge in [-0.1, -0.05) is 80.6 Å². The Hall–Kier alpha value is -3.20.